The summed E-state index contributed by atoms with van der Waals surface area (Å²) in [7, 11) is 1.92. The van der Waals surface area contributed by atoms with E-state index in [4.69, 9.17) is 4.98 Å². The SMILES string of the molecule is CCc1nc(CN2CCC(CNC(=NC)N3CCCC(C)C3)CC2)cs1. The lowest BCUT2D eigenvalue weighted by atomic mass is 9.96. The molecule has 26 heavy (non-hydrogen) atoms. The maximum atomic E-state index is 4.71. The van der Waals surface area contributed by atoms with E-state index >= 15 is 0 Å². The third-order valence-electron chi connectivity index (χ3n) is 5.71. The van der Waals surface area contributed by atoms with Crippen molar-refractivity contribution in [1.82, 2.24) is 20.1 Å². The van der Waals surface area contributed by atoms with Crippen molar-refractivity contribution < 1.29 is 0 Å². The van der Waals surface area contributed by atoms with E-state index in [1.54, 1.807) is 11.3 Å². The zero-order valence-electron chi connectivity index (χ0n) is 16.7. The van der Waals surface area contributed by atoms with Crippen LogP contribution in [0.25, 0.3) is 0 Å². The Kier molecular flexibility index (Phi) is 7.32. The Morgan fingerprint density at radius 1 is 1.31 bits per heavy atom. The van der Waals surface area contributed by atoms with Crippen LogP contribution < -0.4 is 5.32 Å². The van der Waals surface area contributed by atoms with Gasteiger partial charge in [0.25, 0.3) is 0 Å². The molecular weight excluding hydrogens is 342 g/mol. The molecule has 0 amide bonds. The lowest BCUT2D eigenvalue weighted by molar-refractivity contribution is 0.175. The van der Waals surface area contributed by atoms with Gasteiger partial charge in [0.15, 0.2) is 5.96 Å². The first kappa shape index (κ1) is 19.6. The maximum absolute atomic E-state index is 4.71. The van der Waals surface area contributed by atoms with Crippen LogP contribution in [-0.2, 0) is 13.0 Å². The quantitative estimate of drug-likeness (QED) is 0.632. The highest BCUT2D eigenvalue weighted by Crippen LogP contribution is 2.20. The summed E-state index contributed by atoms with van der Waals surface area (Å²) in [5.74, 6) is 2.64. The van der Waals surface area contributed by atoms with Crippen molar-refractivity contribution >= 4 is 17.3 Å². The third-order valence-corrected chi connectivity index (χ3v) is 6.75. The average molecular weight is 378 g/mol. The van der Waals surface area contributed by atoms with E-state index in [2.05, 4.69) is 39.3 Å². The Labute approximate surface area is 162 Å². The second-order valence-electron chi connectivity index (χ2n) is 7.93. The number of nitrogens with zero attached hydrogens (tertiary/aromatic N) is 4. The van der Waals surface area contributed by atoms with Gasteiger partial charge >= 0.3 is 0 Å². The summed E-state index contributed by atoms with van der Waals surface area (Å²) in [6.07, 6.45) is 6.23. The van der Waals surface area contributed by atoms with E-state index in [1.807, 2.05) is 7.05 Å². The molecule has 1 unspecified atom stereocenters. The number of hydrogen-bond acceptors (Lipinski definition) is 4. The largest absolute Gasteiger partial charge is 0.356 e. The van der Waals surface area contributed by atoms with Crippen molar-refractivity contribution in [2.45, 2.75) is 52.5 Å². The Hall–Kier alpha value is -1.14. The highest BCUT2D eigenvalue weighted by atomic mass is 32.1. The highest BCUT2D eigenvalue weighted by Gasteiger charge is 2.22. The van der Waals surface area contributed by atoms with Crippen LogP contribution in [0, 0.1) is 11.8 Å². The van der Waals surface area contributed by atoms with Crippen LogP contribution in [0.2, 0.25) is 0 Å². The number of guanidine groups is 1. The molecule has 0 aliphatic carbocycles. The Morgan fingerprint density at radius 3 is 2.77 bits per heavy atom. The number of thiazole rings is 1. The molecule has 2 fully saturated rings. The Balaban J connectivity index is 1.39. The van der Waals surface area contributed by atoms with Gasteiger partial charge in [-0.2, -0.15) is 0 Å². The first-order chi connectivity index (χ1) is 12.7. The van der Waals surface area contributed by atoms with E-state index in [9.17, 15) is 0 Å². The first-order valence-corrected chi connectivity index (χ1v) is 11.2. The average Bonchev–Trinajstić information content (AvgIpc) is 3.11. The lowest BCUT2D eigenvalue weighted by Crippen LogP contribution is -2.48. The van der Waals surface area contributed by atoms with Crippen LogP contribution in [-0.4, -0.2) is 60.5 Å². The van der Waals surface area contributed by atoms with Gasteiger partial charge in [0.1, 0.15) is 0 Å². The molecule has 1 aromatic rings. The zero-order chi connectivity index (χ0) is 18.4. The van der Waals surface area contributed by atoms with Gasteiger partial charge in [-0.15, -0.1) is 11.3 Å². The molecule has 0 aromatic carbocycles. The second kappa shape index (κ2) is 9.70. The fourth-order valence-corrected chi connectivity index (χ4v) is 4.85. The fourth-order valence-electron chi connectivity index (χ4n) is 4.11. The smallest absolute Gasteiger partial charge is 0.193 e. The topological polar surface area (TPSA) is 43.8 Å². The number of piperidine rings is 2. The normalized spacial score (nSPS) is 23.4. The van der Waals surface area contributed by atoms with E-state index < -0.39 is 0 Å². The molecule has 5 nitrogen and oxygen atoms in total. The molecule has 3 rings (SSSR count). The number of rotatable bonds is 5. The minimum Gasteiger partial charge on any atom is -0.356 e. The molecule has 1 aromatic heterocycles. The van der Waals surface area contributed by atoms with Crippen molar-refractivity contribution in [1.29, 1.82) is 0 Å². The number of aryl methyl sites for hydroxylation is 1. The highest BCUT2D eigenvalue weighted by molar-refractivity contribution is 7.09. The molecular formula is C20H35N5S. The molecule has 6 heteroatoms. The molecule has 1 N–H and O–H groups in total. The van der Waals surface area contributed by atoms with Gasteiger partial charge in [0.05, 0.1) is 10.7 Å². The van der Waals surface area contributed by atoms with Gasteiger partial charge in [0, 0.05) is 38.6 Å². The molecule has 2 saturated heterocycles. The van der Waals surface area contributed by atoms with E-state index in [0.29, 0.717) is 0 Å². The Morgan fingerprint density at radius 2 is 2.12 bits per heavy atom. The van der Waals surface area contributed by atoms with Gasteiger partial charge < -0.3 is 10.2 Å². The molecule has 0 spiro atoms. The molecule has 0 radical (unpaired) electrons. The van der Waals surface area contributed by atoms with Crippen LogP contribution in [0.15, 0.2) is 10.4 Å². The predicted molar refractivity (Wildman–Crippen MR) is 111 cm³/mol. The Bertz CT molecular complexity index is 577. The fraction of sp³-hybridized carbons (Fsp3) is 0.800. The van der Waals surface area contributed by atoms with E-state index in [1.165, 1.54) is 49.5 Å². The van der Waals surface area contributed by atoms with Crippen molar-refractivity contribution in [3.8, 4) is 0 Å². The molecule has 2 aliphatic heterocycles. The van der Waals surface area contributed by atoms with Crippen LogP contribution in [0.5, 0.6) is 0 Å². The summed E-state index contributed by atoms with van der Waals surface area (Å²) in [6.45, 7) is 11.3. The van der Waals surface area contributed by atoms with Gasteiger partial charge in [0.2, 0.25) is 0 Å². The minimum atomic E-state index is 0.756. The van der Waals surface area contributed by atoms with Gasteiger partial charge in [-0.25, -0.2) is 4.98 Å². The first-order valence-electron chi connectivity index (χ1n) is 10.3. The molecule has 3 heterocycles. The number of hydrogen-bond donors (Lipinski definition) is 1. The third kappa shape index (κ3) is 5.43. The number of likely N-dealkylation sites (tertiary alicyclic amines) is 2. The summed E-state index contributed by atoms with van der Waals surface area (Å²) in [5.41, 5.74) is 1.25. The molecule has 146 valence electrons. The van der Waals surface area contributed by atoms with E-state index in [-0.39, 0.29) is 0 Å². The summed E-state index contributed by atoms with van der Waals surface area (Å²) in [4.78, 5) is 14.2. The summed E-state index contributed by atoms with van der Waals surface area (Å²) >= 11 is 1.80. The maximum Gasteiger partial charge on any atom is 0.193 e. The minimum absolute atomic E-state index is 0.756. The van der Waals surface area contributed by atoms with Gasteiger partial charge in [-0.3, -0.25) is 9.89 Å². The number of aliphatic imine (C=N–C) groups is 1. The van der Waals surface area contributed by atoms with Crippen LogP contribution in [0.3, 0.4) is 0 Å². The second-order valence-corrected chi connectivity index (χ2v) is 8.87. The zero-order valence-corrected chi connectivity index (χ0v) is 17.5. The number of aromatic nitrogens is 1. The van der Waals surface area contributed by atoms with Gasteiger partial charge in [-0.1, -0.05) is 13.8 Å². The van der Waals surface area contributed by atoms with Crippen LogP contribution >= 0.6 is 11.3 Å². The van der Waals surface area contributed by atoms with Crippen molar-refractivity contribution in [2.24, 2.45) is 16.8 Å². The standard InChI is InChI=1S/C20H35N5S/c1-4-19-23-18(15-26-19)14-24-10-7-17(8-11-24)12-22-20(21-3)25-9-5-6-16(2)13-25/h15-17H,4-14H2,1-3H3,(H,21,22). The monoisotopic (exact) mass is 377 g/mol. The summed E-state index contributed by atoms with van der Waals surface area (Å²) in [6, 6.07) is 0. The molecule has 0 saturated carbocycles. The summed E-state index contributed by atoms with van der Waals surface area (Å²) < 4.78 is 0. The van der Waals surface area contributed by atoms with Crippen LogP contribution in [0.1, 0.15) is 50.2 Å². The lowest BCUT2D eigenvalue weighted by Gasteiger charge is -2.35. The molecule has 0 bridgehead atoms. The van der Waals surface area contributed by atoms with Crippen molar-refractivity contribution in [3.05, 3.63) is 16.1 Å². The molecule has 1 atom stereocenters. The molecule has 2 aliphatic rings. The van der Waals surface area contributed by atoms with Crippen molar-refractivity contribution in [2.75, 3.05) is 39.8 Å². The number of nitrogens with one attached hydrogen (secondary N) is 1. The predicted octanol–water partition coefficient (Wildman–Crippen LogP) is 3.22. The van der Waals surface area contributed by atoms with Crippen molar-refractivity contribution in [3.63, 3.8) is 0 Å². The van der Waals surface area contributed by atoms with Crippen LogP contribution in [0.4, 0.5) is 0 Å². The van der Waals surface area contributed by atoms with E-state index in [0.717, 1.165) is 50.4 Å². The summed E-state index contributed by atoms with van der Waals surface area (Å²) in [5, 5.41) is 7.15. The van der Waals surface area contributed by atoms with Gasteiger partial charge in [-0.05, 0) is 57.0 Å².